The fourth-order valence-electron chi connectivity index (χ4n) is 2.55. The number of benzene rings is 2. The van der Waals surface area contributed by atoms with Crippen molar-refractivity contribution in [1.29, 1.82) is 0 Å². The van der Waals surface area contributed by atoms with Crippen LogP contribution in [0, 0.1) is 13.8 Å². The van der Waals surface area contributed by atoms with Crippen LogP contribution in [0.1, 0.15) is 28.3 Å². The van der Waals surface area contributed by atoms with Gasteiger partial charge < -0.3 is 9.47 Å². The maximum Gasteiger partial charge on any atom is 0.121 e. The highest BCUT2D eigenvalue weighted by Gasteiger charge is 2.16. The zero-order chi connectivity index (χ0) is 15.4. The number of hydrogen-bond donors (Lipinski definition) is 2. The molecule has 21 heavy (non-hydrogen) atoms. The number of nitrogens with two attached hydrogens (primary N) is 1. The van der Waals surface area contributed by atoms with Crippen LogP contribution in [0.15, 0.2) is 36.4 Å². The Bertz CT molecular complexity index is 626. The summed E-state index contributed by atoms with van der Waals surface area (Å²) in [4.78, 5) is 0. The fourth-order valence-corrected chi connectivity index (χ4v) is 2.55. The molecule has 2 aromatic rings. The average molecular weight is 286 g/mol. The first kappa shape index (κ1) is 15.4. The fraction of sp³-hybridized carbons (Fsp3) is 0.294. The molecule has 0 saturated heterocycles. The first-order chi connectivity index (χ1) is 10.1. The normalized spacial score (nSPS) is 12.0. The number of aryl methyl sites for hydroxylation is 2. The van der Waals surface area contributed by atoms with E-state index in [4.69, 9.17) is 15.3 Å². The summed E-state index contributed by atoms with van der Waals surface area (Å²) < 4.78 is 10.6. The summed E-state index contributed by atoms with van der Waals surface area (Å²) in [5, 5.41) is 0. The van der Waals surface area contributed by atoms with E-state index in [0.717, 1.165) is 33.8 Å². The van der Waals surface area contributed by atoms with E-state index in [1.54, 1.807) is 14.2 Å². The summed E-state index contributed by atoms with van der Waals surface area (Å²) in [6.45, 7) is 4.08. The summed E-state index contributed by atoms with van der Waals surface area (Å²) in [7, 11) is 3.34. The topological polar surface area (TPSA) is 56.5 Å². The van der Waals surface area contributed by atoms with Crippen LogP contribution in [0.2, 0.25) is 0 Å². The van der Waals surface area contributed by atoms with E-state index in [-0.39, 0.29) is 6.04 Å². The van der Waals surface area contributed by atoms with Crippen molar-refractivity contribution in [3.63, 3.8) is 0 Å². The molecule has 0 radical (unpaired) electrons. The molecular formula is C17H22N2O2. The molecule has 0 heterocycles. The van der Waals surface area contributed by atoms with Crippen LogP contribution in [0.25, 0.3) is 0 Å². The van der Waals surface area contributed by atoms with E-state index in [2.05, 4.69) is 18.4 Å². The van der Waals surface area contributed by atoms with Gasteiger partial charge in [-0.3, -0.25) is 5.84 Å². The van der Waals surface area contributed by atoms with Gasteiger partial charge in [0, 0.05) is 0 Å². The van der Waals surface area contributed by atoms with E-state index in [1.165, 1.54) is 0 Å². The Morgan fingerprint density at radius 1 is 0.952 bits per heavy atom. The Morgan fingerprint density at radius 2 is 1.71 bits per heavy atom. The van der Waals surface area contributed by atoms with E-state index in [0.29, 0.717) is 0 Å². The van der Waals surface area contributed by atoms with Crippen molar-refractivity contribution in [1.82, 2.24) is 5.43 Å². The second-order valence-corrected chi connectivity index (χ2v) is 5.05. The molecule has 4 heteroatoms. The van der Waals surface area contributed by atoms with Gasteiger partial charge in [0.1, 0.15) is 11.5 Å². The van der Waals surface area contributed by atoms with Crippen LogP contribution in [0.4, 0.5) is 0 Å². The van der Waals surface area contributed by atoms with Gasteiger partial charge in [-0.1, -0.05) is 18.2 Å². The molecule has 1 atom stereocenters. The zero-order valence-corrected chi connectivity index (χ0v) is 12.9. The molecule has 0 spiro atoms. The lowest BCUT2D eigenvalue weighted by atomic mass is 9.94. The van der Waals surface area contributed by atoms with Gasteiger partial charge >= 0.3 is 0 Å². The lowest BCUT2D eigenvalue weighted by Crippen LogP contribution is -2.29. The summed E-state index contributed by atoms with van der Waals surface area (Å²) in [6, 6.07) is 12.0. The van der Waals surface area contributed by atoms with Crippen molar-refractivity contribution >= 4 is 0 Å². The van der Waals surface area contributed by atoms with Gasteiger partial charge in [-0.25, -0.2) is 5.43 Å². The van der Waals surface area contributed by atoms with E-state index in [9.17, 15) is 0 Å². The zero-order valence-electron chi connectivity index (χ0n) is 12.9. The largest absolute Gasteiger partial charge is 0.497 e. The summed E-state index contributed by atoms with van der Waals surface area (Å²) in [6.07, 6.45) is 0. The van der Waals surface area contributed by atoms with E-state index < -0.39 is 0 Å². The molecule has 0 amide bonds. The number of hydrogen-bond acceptors (Lipinski definition) is 4. The van der Waals surface area contributed by atoms with Gasteiger partial charge in [0.2, 0.25) is 0 Å². The first-order valence-electron chi connectivity index (χ1n) is 6.86. The third kappa shape index (κ3) is 3.17. The van der Waals surface area contributed by atoms with Crippen LogP contribution in [0.5, 0.6) is 11.5 Å². The Labute approximate surface area is 125 Å². The molecule has 0 aliphatic carbocycles. The third-order valence-corrected chi connectivity index (χ3v) is 3.71. The minimum Gasteiger partial charge on any atom is -0.497 e. The third-order valence-electron chi connectivity index (χ3n) is 3.71. The van der Waals surface area contributed by atoms with Crippen LogP contribution in [-0.2, 0) is 0 Å². The maximum atomic E-state index is 5.78. The van der Waals surface area contributed by atoms with Crippen molar-refractivity contribution in [3.05, 3.63) is 58.7 Å². The van der Waals surface area contributed by atoms with E-state index >= 15 is 0 Å². The summed E-state index contributed by atoms with van der Waals surface area (Å²) >= 11 is 0. The highest BCUT2D eigenvalue weighted by Crippen LogP contribution is 2.29. The molecule has 0 aromatic heterocycles. The minimum atomic E-state index is -0.0690. The van der Waals surface area contributed by atoms with Crippen LogP contribution >= 0.6 is 0 Å². The highest BCUT2D eigenvalue weighted by atomic mass is 16.5. The summed E-state index contributed by atoms with van der Waals surface area (Å²) in [5.41, 5.74) is 7.34. The van der Waals surface area contributed by atoms with Crippen LogP contribution in [0.3, 0.4) is 0 Å². The number of ether oxygens (including phenoxy) is 2. The molecule has 2 aromatic carbocycles. The smallest absolute Gasteiger partial charge is 0.121 e. The number of methoxy groups -OCH3 is 2. The molecule has 0 bridgehead atoms. The van der Waals surface area contributed by atoms with Gasteiger partial charge in [0.25, 0.3) is 0 Å². The lowest BCUT2D eigenvalue weighted by Gasteiger charge is -2.20. The molecule has 2 rings (SSSR count). The second-order valence-electron chi connectivity index (χ2n) is 5.05. The van der Waals surface area contributed by atoms with Gasteiger partial charge in [-0.05, 0) is 54.3 Å². The standard InChI is InChI=1S/C17H22N2O2/c1-11-10-14(20-3)6-7-15(11)17(19-18)13-5-8-16(21-4)12(2)9-13/h5-10,17,19H,18H2,1-4H3. The first-order valence-corrected chi connectivity index (χ1v) is 6.86. The molecule has 4 nitrogen and oxygen atoms in total. The lowest BCUT2D eigenvalue weighted by molar-refractivity contribution is 0.411. The van der Waals surface area contributed by atoms with Gasteiger partial charge in [0.05, 0.1) is 20.3 Å². The monoisotopic (exact) mass is 286 g/mol. The molecule has 0 aliphatic heterocycles. The molecule has 0 saturated carbocycles. The van der Waals surface area contributed by atoms with Crippen molar-refractivity contribution in [3.8, 4) is 11.5 Å². The van der Waals surface area contributed by atoms with Crippen molar-refractivity contribution in [2.24, 2.45) is 5.84 Å². The second kappa shape index (κ2) is 6.61. The van der Waals surface area contributed by atoms with Gasteiger partial charge in [-0.2, -0.15) is 0 Å². The minimum absolute atomic E-state index is 0.0690. The van der Waals surface area contributed by atoms with Crippen LogP contribution in [-0.4, -0.2) is 14.2 Å². The number of nitrogens with one attached hydrogen (secondary N) is 1. The van der Waals surface area contributed by atoms with E-state index in [1.807, 2.05) is 37.3 Å². The Morgan fingerprint density at radius 3 is 2.24 bits per heavy atom. The van der Waals surface area contributed by atoms with Crippen molar-refractivity contribution < 1.29 is 9.47 Å². The number of hydrazine groups is 1. The SMILES string of the molecule is COc1ccc(C(NN)c2ccc(OC)c(C)c2)c(C)c1. The van der Waals surface area contributed by atoms with Gasteiger partial charge in [0.15, 0.2) is 0 Å². The molecule has 0 fully saturated rings. The molecular weight excluding hydrogens is 264 g/mol. The molecule has 3 N–H and O–H groups in total. The molecule has 112 valence electrons. The Hall–Kier alpha value is -2.04. The predicted molar refractivity (Wildman–Crippen MR) is 84.6 cm³/mol. The predicted octanol–water partition coefficient (Wildman–Crippen LogP) is 2.87. The molecule has 0 aliphatic rings. The quantitative estimate of drug-likeness (QED) is 0.655. The van der Waals surface area contributed by atoms with Gasteiger partial charge in [-0.15, -0.1) is 0 Å². The molecule has 1 unspecified atom stereocenters. The average Bonchev–Trinajstić information content (AvgIpc) is 2.49. The number of rotatable bonds is 5. The van der Waals surface area contributed by atoms with Crippen molar-refractivity contribution in [2.45, 2.75) is 19.9 Å². The Kier molecular flexibility index (Phi) is 4.83. The summed E-state index contributed by atoms with van der Waals surface area (Å²) in [5.74, 6) is 7.51. The highest BCUT2D eigenvalue weighted by molar-refractivity contribution is 5.44. The Balaban J connectivity index is 2.42. The van der Waals surface area contributed by atoms with Crippen LogP contribution < -0.4 is 20.7 Å². The van der Waals surface area contributed by atoms with Crippen molar-refractivity contribution in [2.75, 3.05) is 14.2 Å². The maximum absolute atomic E-state index is 5.78.